The van der Waals surface area contributed by atoms with E-state index in [9.17, 15) is 0 Å². The van der Waals surface area contributed by atoms with Crippen molar-refractivity contribution in [2.24, 2.45) is 0 Å². The molecule has 5 heteroatoms. The molecular formula is C17H29N5. The highest BCUT2D eigenvalue weighted by Crippen LogP contribution is 2.20. The molecule has 2 N–H and O–H groups in total. The molecule has 1 aromatic rings. The highest BCUT2D eigenvalue weighted by atomic mass is 15.2. The van der Waals surface area contributed by atoms with Gasteiger partial charge >= 0.3 is 0 Å². The minimum atomic E-state index is 0.726. The lowest BCUT2D eigenvalue weighted by molar-refractivity contribution is 0.425. The Morgan fingerprint density at radius 1 is 1.14 bits per heavy atom. The number of hydrogen-bond donors (Lipinski definition) is 2. The molecule has 0 bridgehead atoms. The van der Waals surface area contributed by atoms with Gasteiger partial charge in [0.15, 0.2) is 0 Å². The Bertz CT molecular complexity index is 496. The van der Waals surface area contributed by atoms with Crippen LogP contribution in [0.4, 0.5) is 11.8 Å². The van der Waals surface area contributed by atoms with Crippen LogP contribution in [0, 0.1) is 6.92 Å². The minimum absolute atomic E-state index is 0.726. The van der Waals surface area contributed by atoms with E-state index in [4.69, 9.17) is 0 Å². The van der Waals surface area contributed by atoms with Crippen molar-refractivity contribution in [1.82, 2.24) is 14.9 Å². The summed E-state index contributed by atoms with van der Waals surface area (Å²) in [7, 11) is 4.14. The quantitative estimate of drug-likeness (QED) is 0.723. The van der Waals surface area contributed by atoms with Gasteiger partial charge in [0, 0.05) is 31.4 Å². The smallest absolute Gasteiger partial charge is 0.224 e. The van der Waals surface area contributed by atoms with Crippen LogP contribution in [0.3, 0.4) is 0 Å². The van der Waals surface area contributed by atoms with Crippen LogP contribution >= 0.6 is 0 Å². The Labute approximate surface area is 134 Å². The summed E-state index contributed by atoms with van der Waals surface area (Å²) < 4.78 is 0. The zero-order chi connectivity index (χ0) is 15.8. The number of anilines is 2. The summed E-state index contributed by atoms with van der Waals surface area (Å²) in [4.78, 5) is 11.2. The maximum Gasteiger partial charge on any atom is 0.224 e. The zero-order valence-corrected chi connectivity index (χ0v) is 14.2. The van der Waals surface area contributed by atoms with E-state index in [1.54, 1.807) is 5.57 Å². The van der Waals surface area contributed by atoms with E-state index >= 15 is 0 Å². The van der Waals surface area contributed by atoms with Crippen LogP contribution < -0.4 is 10.6 Å². The lowest BCUT2D eigenvalue weighted by Gasteiger charge is -2.14. The van der Waals surface area contributed by atoms with Crippen LogP contribution in [0.15, 0.2) is 17.7 Å². The molecule has 0 aromatic carbocycles. The first-order valence-electron chi connectivity index (χ1n) is 8.29. The molecule has 0 fully saturated rings. The zero-order valence-electron chi connectivity index (χ0n) is 14.2. The maximum atomic E-state index is 4.54. The fourth-order valence-electron chi connectivity index (χ4n) is 2.61. The molecule has 122 valence electrons. The molecule has 0 aliphatic heterocycles. The Morgan fingerprint density at radius 2 is 2.00 bits per heavy atom. The van der Waals surface area contributed by atoms with E-state index < -0.39 is 0 Å². The van der Waals surface area contributed by atoms with E-state index in [1.807, 2.05) is 13.0 Å². The predicted molar refractivity (Wildman–Crippen MR) is 93.5 cm³/mol. The molecule has 0 amide bonds. The molecule has 1 aliphatic rings. The Balaban J connectivity index is 1.82. The van der Waals surface area contributed by atoms with E-state index in [-0.39, 0.29) is 0 Å². The standard InChI is InChI=1S/C17H29N5/c1-14-13-16(18-11-12-22(2)3)21-17(20-14)19-10-9-15-7-5-4-6-8-15/h7,13H,4-6,8-12H2,1-3H3,(H2,18,19,20,21). The monoisotopic (exact) mass is 303 g/mol. The van der Waals surface area contributed by atoms with Gasteiger partial charge in [-0.15, -0.1) is 0 Å². The van der Waals surface area contributed by atoms with Gasteiger partial charge in [0.05, 0.1) is 0 Å². The fourth-order valence-corrected chi connectivity index (χ4v) is 2.61. The van der Waals surface area contributed by atoms with Gasteiger partial charge < -0.3 is 15.5 Å². The first-order chi connectivity index (χ1) is 10.6. The van der Waals surface area contributed by atoms with Gasteiger partial charge in [-0.05, 0) is 53.1 Å². The number of nitrogens with one attached hydrogen (secondary N) is 2. The predicted octanol–water partition coefficient (Wildman–Crippen LogP) is 3.06. The summed E-state index contributed by atoms with van der Waals surface area (Å²) >= 11 is 0. The van der Waals surface area contributed by atoms with Crippen molar-refractivity contribution in [1.29, 1.82) is 0 Å². The van der Waals surface area contributed by atoms with Crippen LogP contribution in [0.5, 0.6) is 0 Å². The summed E-state index contributed by atoms with van der Waals surface area (Å²) in [6.45, 7) is 4.79. The largest absolute Gasteiger partial charge is 0.369 e. The lowest BCUT2D eigenvalue weighted by atomic mass is 9.97. The summed E-state index contributed by atoms with van der Waals surface area (Å²) in [6, 6.07) is 1.99. The molecule has 0 atom stereocenters. The first kappa shape index (κ1) is 16.7. The third-order valence-electron chi connectivity index (χ3n) is 3.83. The summed E-state index contributed by atoms with van der Waals surface area (Å²) in [6.07, 6.45) is 8.69. The highest BCUT2D eigenvalue weighted by molar-refractivity contribution is 5.42. The van der Waals surface area contributed by atoms with Gasteiger partial charge in [0.25, 0.3) is 0 Å². The number of likely N-dealkylation sites (N-methyl/N-ethyl adjacent to an activating group) is 1. The van der Waals surface area contributed by atoms with Crippen molar-refractivity contribution in [2.75, 3.05) is 44.4 Å². The van der Waals surface area contributed by atoms with Crippen LogP contribution in [0.25, 0.3) is 0 Å². The van der Waals surface area contributed by atoms with Crippen molar-refractivity contribution in [3.63, 3.8) is 0 Å². The van der Waals surface area contributed by atoms with Gasteiger partial charge in [-0.2, -0.15) is 4.98 Å². The SMILES string of the molecule is Cc1cc(NCCN(C)C)nc(NCCC2=CCCCC2)n1. The van der Waals surface area contributed by atoms with Crippen LogP contribution in [0.1, 0.15) is 37.8 Å². The molecule has 1 aliphatic carbocycles. The highest BCUT2D eigenvalue weighted by Gasteiger charge is 2.05. The number of allylic oxidation sites excluding steroid dienone is 1. The topological polar surface area (TPSA) is 53.1 Å². The molecule has 0 saturated heterocycles. The van der Waals surface area contributed by atoms with Gasteiger partial charge in [0.2, 0.25) is 5.95 Å². The molecule has 0 spiro atoms. The molecule has 0 radical (unpaired) electrons. The minimum Gasteiger partial charge on any atom is -0.369 e. The van der Waals surface area contributed by atoms with Gasteiger partial charge in [-0.1, -0.05) is 11.6 Å². The van der Waals surface area contributed by atoms with E-state index in [1.165, 1.54) is 25.7 Å². The van der Waals surface area contributed by atoms with E-state index in [2.05, 4.69) is 45.7 Å². The third kappa shape index (κ3) is 6.02. The van der Waals surface area contributed by atoms with Gasteiger partial charge in [-0.3, -0.25) is 0 Å². The Hall–Kier alpha value is -1.62. The Morgan fingerprint density at radius 3 is 2.73 bits per heavy atom. The molecule has 2 rings (SSSR count). The lowest BCUT2D eigenvalue weighted by Crippen LogP contribution is -2.21. The summed E-state index contributed by atoms with van der Waals surface area (Å²) in [5.41, 5.74) is 2.57. The van der Waals surface area contributed by atoms with Gasteiger partial charge in [-0.25, -0.2) is 4.98 Å². The second-order valence-electron chi connectivity index (χ2n) is 6.23. The summed E-state index contributed by atoms with van der Waals surface area (Å²) in [5.74, 6) is 1.62. The number of rotatable bonds is 8. The molecule has 0 unspecified atom stereocenters. The summed E-state index contributed by atoms with van der Waals surface area (Å²) in [5, 5.41) is 6.71. The van der Waals surface area contributed by atoms with Crippen molar-refractivity contribution in [3.05, 3.63) is 23.4 Å². The second-order valence-corrected chi connectivity index (χ2v) is 6.23. The van der Waals surface area contributed by atoms with Crippen molar-refractivity contribution in [3.8, 4) is 0 Å². The van der Waals surface area contributed by atoms with Crippen molar-refractivity contribution >= 4 is 11.8 Å². The second kappa shape index (κ2) is 8.73. The molecule has 0 saturated carbocycles. The molecule has 5 nitrogen and oxygen atoms in total. The molecule has 1 heterocycles. The molecule has 22 heavy (non-hydrogen) atoms. The van der Waals surface area contributed by atoms with Crippen LogP contribution in [-0.4, -0.2) is 48.6 Å². The number of aromatic nitrogens is 2. The third-order valence-corrected chi connectivity index (χ3v) is 3.83. The first-order valence-corrected chi connectivity index (χ1v) is 8.29. The Kier molecular flexibility index (Phi) is 6.65. The molecule has 1 aromatic heterocycles. The van der Waals surface area contributed by atoms with Crippen molar-refractivity contribution in [2.45, 2.75) is 39.0 Å². The maximum absolute atomic E-state index is 4.54. The van der Waals surface area contributed by atoms with Crippen LogP contribution in [-0.2, 0) is 0 Å². The normalized spacial score (nSPS) is 14.8. The van der Waals surface area contributed by atoms with E-state index in [0.29, 0.717) is 0 Å². The van der Waals surface area contributed by atoms with Crippen molar-refractivity contribution < 1.29 is 0 Å². The average molecular weight is 303 g/mol. The van der Waals surface area contributed by atoms with E-state index in [0.717, 1.165) is 43.5 Å². The molecular weight excluding hydrogens is 274 g/mol. The van der Waals surface area contributed by atoms with Gasteiger partial charge in [0.1, 0.15) is 5.82 Å². The number of nitrogens with zero attached hydrogens (tertiary/aromatic N) is 3. The fraction of sp³-hybridized carbons (Fsp3) is 0.647. The average Bonchev–Trinajstić information content (AvgIpc) is 2.47. The number of aryl methyl sites for hydroxylation is 1. The van der Waals surface area contributed by atoms with Crippen LogP contribution in [0.2, 0.25) is 0 Å². The number of hydrogen-bond acceptors (Lipinski definition) is 5.